The number of carbonyl (C=O) groups is 2. The van der Waals surface area contributed by atoms with Gasteiger partial charge in [0.15, 0.2) is 0 Å². The summed E-state index contributed by atoms with van der Waals surface area (Å²) in [7, 11) is 0. The van der Waals surface area contributed by atoms with Gasteiger partial charge in [0.05, 0.1) is 16.1 Å². The molecule has 184 valence electrons. The number of nitrogens with zero attached hydrogens (tertiary/aromatic N) is 3. The summed E-state index contributed by atoms with van der Waals surface area (Å²) in [6.07, 6.45) is -2.92. The van der Waals surface area contributed by atoms with Crippen LogP contribution in [0.5, 0.6) is 0 Å². The van der Waals surface area contributed by atoms with Crippen molar-refractivity contribution in [3.05, 3.63) is 82.1 Å². The van der Waals surface area contributed by atoms with Gasteiger partial charge in [0, 0.05) is 36.2 Å². The normalized spacial score (nSPS) is 14.1. The molecule has 0 saturated carbocycles. The summed E-state index contributed by atoms with van der Waals surface area (Å²) in [4.78, 5) is 33.1. The average Bonchev–Trinajstić information content (AvgIpc) is 2.79. The van der Waals surface area contributed by atoms with Gasteiger partial charge in [-0.1, -0.05) is 35.9 Å². The van der Waals surface area contributed by atoms with Gasteiger partial charge in [-0.2, -0.15) is 13.2 Å². The topological polar surface area (TPSA) is 53.5 Å². The van der Waals surface area contributed by atoms with Crippen LogP contribution in [0.1, 0.15) is 27.2 Å². The van der Waals surface area contributed by atoms with Crippen LogP contribution in [-0.2, 0) is 11.0 Å². The molecule has 0 radical (unpaired) electrons. The minimum Gasteiger partial charge on any atom is -0.327 e. The molecule has 1 aromatic heterocycles. The van der Waals surface area contributed by atoms with Crippen LogP contribution in [-0.4, -0.2) is 41.3 Å². The molecule has 0 spiro atoms. The molecule has 2 amide bonds. The van der Waals surface area contributed by atoms with Gasteiger partial charge < -0.3 is 9.80 Å². The molecule has 1 saturated heterocycles. The van der Waals surface area contributed by atoms with Crippen molar-refractivity contribution in [1.82, 2.24) is 9.88 Å². The SMILES string of the molecule is Cc1ccc(-c2ccc(C)c(N3CCN(C(=O)c4cccc(C(F)(F)F)c4Cl)CC3=O)c2)cn1.Cl. The fourth-order valence-corrected chi connectivity index (χ4v) is 4.22. The number of aryl methyl sites for hydroxylation is 2. The average molecular weight is 524 g/mol. The van der Waals surface area contributed by atoms with E-state index in [1.165, 1.54) is 11.0 Å². The summed E-state index contributed by atoms with van der Waals surface area (Å²) in [6, 6.07) is 12.8. The first-order chi connectivity index (χ1) is 16.1. The summed E-state index contributed by atoms with van der Waals surface area (Å²) in [5.74, 6) is -1.04. The van der Waals surface area contributed by atoms with Gasteiger partial charge >= 0.3 is 6.18 Å². The van der Waals surface area contributed by atoms with Gasteiger partial charge in [-0.15, -0.1) is 12.4 Å². The van der Waals surface area contributed by atoms with E-state index in [9.17, 15) is 22.8 Å². The molecule has 0 atom stereocenters. The first-order valence-corrected chi connectivity index (χ1v) is 10.9. The molecule has 5 nitrogen and oxygen atoms in total. The molecule has 1 aliphatic rings. The molecule has 0 N–H and O–H groups in total. The minimum atomic E-state index is -4.68. The molecule has 3 aromatic rings. The molecular weight excluding hydrogens is 502 g/mol. The Kier molecular flexibility index (Phi) is 7.77. The van der Waals surface area contributed by atoms with E-state index in [1.807, 2.05) is 44.2 Å². The molecule has 1 aliphatic heterocycles. The quantitative estimate of drug-likeness (QED) is 0.426. The van der Waals surface area contributed by atoms with Gasteiger partial charge in [0.2, 0.25) is 5.91 Å². The van der Waals surface area contributed by atoms with Crippen molar-refractivity contribution in [2.75, 3.05) is 24.5 Å². The van der Waals surface area contributed by atoms with Crippen LogP contribution in [0.25, 0.3) is 11.1 Å². The maximum atomic E-state index is 13.2. The van der Waals surface area contributed by atoms with Crippen molar-refractivity contribution in [1.29, 1.82) is 0 Å². The third kappa shape index (κ3) is 5.44. The number of anilines is 1. The van der Waals surface area contributed by atoms with Crippen LogP contribution < -0.4 is 4.90 Å². The van der Waals surface area contributed by atoms with E-state index in [1.54, 1.807) is 11.1 Å². The number of amides is 2. The number of carbonyl (C=O) groups excluding carboxylic acids is 2. The number of aromatic nitrogens is 1. The fraction of sp³-hybridized carbons (Fsp3) is 0.240. The summed E-state index contributed by atoms with van der Waals surface area (Å²) in [6.45, 7) is 3.89. The van der Waals surface area contributed by atoms with Crippen molar-refractivity contribution in [2.24, 2.45) is 0 Å². The number of benzene rings is 2. The number of alkyl halides is 3. The van der Waals surface area contributed by atoms with Crippen LogP contribution in [0.2, 0.25) is 5.02 Å². The van der Waals surface area contributed by atoms with Gasteiger partial charge in [-0.05, 0) is 49.2 Å². The van der Waals surface area contributed by atoms with Crippen LogP contribution in [0, 0.1) is 13.8 Å². The Labute approximate surface area is 211 Å². The number of rotatable bonds is 3. The van der Waals surface area contributed by atoms with Crippen molar-refractivity contribution >= 4 is 41.5 Å². The summed E-state index contributed by atoms with van der Waals surface area (Å²) >= 11 is 5.91. The van der Waals surface area contributed by atoms with Crippen molar-refractivity contribution in [3.8, 4) is 11.1 Å². The van der Waals surface area contributed by atoms with Crippen LogP contribution in [0.3, 0.4) is 0 Å². The fourth-order valence-electron chi connectivity index (χ4n) is 3.91. The Bertz CT molecular complexity index is 1260. The molecule has 1 fully saturated rings. The third-order valence-corrected chi connectivity index (χ3v) is 6.19. The zero-order valence-corrected chi connectivity index (χ0v) is 20.5. The smallest absolute Gasteiger partial charge is 0.327 e. The van der Waals surface area contributed by atoms with Crippen molar-refractivity contribution in [2.45, 2.75) is 20.0 Å². The maximum Gasteiger partial charge on any atom is 0.417 e. The highest BCUT2D eigenvalue weighted by Crippen LogP contribution is 2.37. The van der Waals surface area contributed by atoms with Gasteiger partial charge in [-0.25, -0.2) is 0 Å². The lowest BCUT2D eigenvalue weighted by molar-refractivity contribution is -0.137. The number of hydrogen-bond acceptors (Lipinski definition) is 3. The largest absolute Gasteiger partial charge is 0.417 e. The molecule has 0 unspecified atom stereocenters. The molecule has 4 rings (SSSR count). The number of hydrogen-bond donors (Lipinski definition) is 0. The number of pyridine rings is 1. The molecule has 10 heteroatoms. The van der Waals surface area contributed by atoms with Gasteiger partial charge in [0.25, 0.3) is 5.91 Å². The Morgan fingerprint density at radius 1 is 1.03 bits per heavy atom. The lowest BCUT2D eigenvalue weighted by Crippen LogP contribution is -2.52. The minimum absolute atomic E-state index is 0. The molecule has 0 bridgehead atoms. The highest BCUT2D eigenvalue weighted by atomic mass is 35.5. The van der Waals surface area contributed by atoms with E-state index in [0.717, 1.165) is 34.5 Å². The van der Waals surface area contributed by atoms with Crippen molar-refractivity contribution < 1.29 is 22.8 Å². The third-order valence-electron chi connectivity index (χ3n) is 5.79. The van der Waals surface area contributed by atoms with Crippen LogP contribution in [0.15, 0.2) is 54.7 Å². The molecule has 2 aromatic carbocycles. The maximum absolute atomic E-state index is 13.2. The summed E-state index contributed by atoms with van der Waals surface area (Å²) in [5, 5.41) is -0.662. The van der Waals surface area contributed by atoms with E-state index in [2.05, 4.69) is 4.98 Å². The van der Waals surface area contributed by atoms with E-state index >= 15 is 0 Å². The lowest BCUT2D eigenvalue weighted by Gasteiger charge is -2.35. The Morgan fingerprint density at radius 2 is 1.74 bits per heavy atom. The highest BCUT2D eigenvalue weighted by molar-refractivity contribution is 6.34. The highest BCUT2D eigenvalue weighted by Gasteiger charge is 2.36. The Morgan fingerprint density at radius 3 is 2.37 bits per heavy atom. The standard InChI is InChI=1S/C25H21ClF3N3O2.ClH/c1-15-6-8-17(18-9-7-16(2)30-13-18)12-21(15)32-11-10-31(14-22(32)33)24(34)19-4-3-5-20(23(19)26)25(27,28)29;/h3-9,12-13H,10-11,14H2,1-2H3;1H. The molecule has 0 aliphatic carbocycles. The predicted octanol–water partition coefficient (Wildman–Crippen LogP) is 5.95. The monoisotopic (exact) mass is 523 g/mol. The van der Waals surface area contributed by atoms with Gasteiger partial charge in [-0.3, -0.25) is 14.6 Å². The summed E-state index contributed by atoms with van der Waals surface area (Å²) < 4.78 is 39.5. The van der Waals surface area contributed by atoms with Crippen LogP contribution >= 0.6 is 24.0 Å². The van der Waals surface area contributed by atoms with Crippen molar-refractivity contribution in [3.63, 3.8) is 0 Å². The van der Waals surface area contributed by atoms with E-state index in [-0.39, 0.29) is 43.5 Å². The Hall–Kier alpha value is -3.10. The lowest BCUT2D eigenvalue weighted by atomic mass is 10.0. The number of piperazine rings is 1. The van der Waals surface area contributed by atoms with Crippen LogP contribution in [0.4, 0.5) is 18.9 Å². The van der Waals surface area contributed by atoms with E-state index in [0.29, 0.717) is 5.69 Å². The zero-order chi connectivity index (χ0) is 24.6. The van der Waals surface area contributed by atoms with E-state index in [4.69, 9.17) is 11.6 Å². The second-order valence-corrected chi connectivity index (χ2v) is 8.50. The first kappa shape index (κ1) is 26.5. The molecule has 35 heavy (non-hydrogen) atoms. The second kappa shape index (κ2) is 10.3. The zero-order valence-electron chi connectivity index (χ0n) is 18.9. The number of halogens is 5. The van der Waals surface area contributed by atoms with E-state index < -0.39 is 22.7 Å². The summed E-state index contributed by atoms with van der Waals surface area (Å²) in [5.41, 5.74) is 2.95. The first-order valence-electron chi connectivity index (χ1n) is 10.6. The molecular formula is C25H22Cl2F3N3O2. The Balaban J connectivity index is 0.00000342. The van der Waals surface area contributed by atoms with Gasteiger partial charge in [0.1, 0.15) is 6.54 Å². The predicted molar refractivity (Wildman–Crippen MR) is 131 cm³/mol. The molecule has 2 heterocycles. The second-order valence-electron chi connectivity index (χ2n) is 8.13.